The van der Waals surface area contributed by atoms with Crippen LogP contribution < -0.4 is 0 Å². The van der Waals surface area contributed by atoms with Gasteiger partial charge in [0.15, 0.2) is 18.3 Å². The third kappa shape index (κ3) is 12.2. The normalized spacial score (nSPS) is 13.4. The van der Waals surface area contributed by atoms with Gasteiger partial charge in [-0.25, -0.2) is 14.4 Å². The largest absolute Gasteiger partial charge is 0.481 e. The number of esters is 5. The molecule has 0 unspecified atom stereocenters. The molecule has 226 valence electrons. The van der Waals surface area contributed by atoms with E-state index >= 15 is 0 Å². The van der Waals surface area contributed by atoms with Gasteiger partial charge in [0.05, 0.1) is 18.8 Å². The summed E-state index contributed by atoms with van der Waals surface area (Å²) < 4.78 is 25.7. The van der Waals surface area contributed by atoms with Gasteiger partial charge in [-0.15, -0.1) is 0 Å². The summed E-state index contributed by atoms with van der Waals surface area (Å²) in [6.07, 6.45) is -5.87. The van der Waals surface area contributed by atoms with Gasteiger partial charge in [0.25, 0.3) is 0 Å². The zero-order chi connectivity index (χ0) is 31.1. The number of carboxylic acids is 1. The number of rotatable bonds is 16. The Balaban J connectivity index is 1.97. The number of benzene rings is 2. The highest BCUT2D eigenvalue weighted by Gasteiger charge is 2.33. The Morgan fingerprint density at radius 3 is 1.52 bits per heavy atom. The molecule has 0 saturated carbocycles. The molecule has 0 saturated heterocycles. The van der Waals surface area contributed by atoms with Crippen molar-refractivity contribution >= 4 is 35.8 Å². The van der Waals surface area contributed by atoms with Crippen LogP contribution in [-0.2, 0) is 65.7 Å². The van der Waals surface area contributed by atoms with Crippen molar-refractivity contribution in [3.8, 4) is 0 Å². The van der Waals surface area contributed by atoms with Crippen molar-refractivity contribution in [2.45, 2.75) is 71.6 Å². The van der Waals surface area contributed by atoms with Crippen LogP contribution in [0.5, 0.6) is 0 Å². The first-order valence-corrected chi connectivity index (χ1v) is 13.2. The van der Waals surface area contributed by atoms with E-state index in [9.17, 15) is 28.8 Å². The summed E-state index contributed by atoms with van der Waals surface area (Å²) >= 11 is 0. The summed E-state index contributed by atoms with van der Waals surface area (Å²) in [4.78, 5) is 73.1. The zero-order valence-electron chi connectivity index (χ0n) is 23.6. The van der Waals surface area contributed by atoms with Crippen LogP contribution in [-0.4, -0.2) is 59.2 Å². The fourth-order valence-electron chi connectivity index (χ4n) is 3.37. The average molecular weight is 587 g/mol. The summed E-state index contributed by atoms with van der Waals surface area (Å²) in [6, 6.07) is 17.7. The minimum absolute atomic E-state index is 0.0245. The van der Waals surface area contributed by atoms with Gasteiger partial charge >= 0.3 is 35.8 Å². The fraction of sp³-hybridized carbons (Fsp3) is 0.400. The van der Waals surface area contributed by atoms with Crippen LogP contribution >= 0.6 is 0 Å². The standard InChI is InChI=1S/C30H34O12/c1-19(27(34)40-20(2)28(35)38-17-22-10-6-4-7-11-22)16-24(42-26(33)15-14-25(31)32)30(37)41-21(3)29(36)39-18-23-12-8-5-9-13-23/h4-13,19-21,24H,14-18H2,1-3H3,(H,31,32)/t19-,20-,21-,24-/m0/s1. The minimum Gasteiger partial charge on any atom is -0.481 e. The van der Waals surface area contributed by atoms with Crippen LogP contribution in [0.2, 0.25) is 0 Å². The summed E-state index contributed by atoms with van der Waals surface area (Å²) in [6.45, 7) is 3.86. The maximum Gasteiger partial charge on any atom is 0.348 e. The lowest BCUT2D eigenvalue weighted by Gasteiger charge is -2.22. The first-order valence-electron chi connectivity index (χ1n) is 13.2. The lowest BCUT2D eigenvalue weighted by atomic mass is 10.0. The second-order valence-corrected chi connectivity index (χ2v) is 9.35. The Morgan fingerprint density at radius 2 is 1.07 bits per heavy atom. The van der Waals surface area contributed by atoms with E-state index in [1.807, 2.05) is 6.07 Å². The molecule has 0 radical (unpaired) electrons. The molecule has 0 aromatic heterocycles. The van der Waals surface area contributed by atoms with Crippen molar-refractivity contribution in [3.05, 3.63) is 71.8 Å². The maximum atomic E-state index is 12.9. The molecule has 0 heterocycles. The van der Waals surface area contributed by atoms with Crippen molar-refractivity contribution in [2.75, 3.05) is 0 Å². The highest BCUT2D eigenvalue weighted by Crippen LogP contribution is 2.17. The van der Waals surface area contributed by atoms with Crippen molar-refractivity contribution < 1.29 is 57.6 Å². The molecule has 2 aromatic rings. The second-order valence-electron chi connectivity index (χ2n) is 9.35. The lowest BCUT2D eigenvalue weighted by molar-refractivity contribution is -0.181. The monoisotopic (exact) mass is 586 g/mol. The van der Waals surface area contributed by atoms with Crippen LogP contribution in [0.1, 0.15) is 51.2 Å². The molecule has 4 atom stereocenters. The molecular formula is C30H34O12. The van der Waals surface area contributed by atoms with Gasteiger partial charge in [-0.3, -0.25) is 14.4 Å². The van der Waals surface area contributed by atoms with Gasteiger partial charge in [0.1, 0.15) is 13.2 Å². The molecule has 0 amide bonds. The topological polar surface area (TPSA) is 169 Å². The number of carboxylic acid groups (broad SMARTS) is 1. The number of carbonyl (C=O) groups is 6. The second kappa shape index (κ2) is 17.2. The molecule has 1 N–H and O–H groups in total. The predicted octanol–water partition coefficient (Wildman–Crippen LogP) is 3.14. The van der Waals surface area contributed by atoms with Gasteiger partial charge < -0.3 is 28.8 Å². The maximum absolute atomic E-state index is 12.9. The molecule has 0 aliphatic rings. The third-order valence-electron chi connectivity index (χ3n) is 5.75. The summed E-state index contributed by atoms with van der Waals surface area (Å²) in [5.41, 5.74) is 1.45. The van der Waals surface area contributed by atoms with E-state index in [1.54, 1.807) is 54.6 Å². The fourth-order valence-corrected chi connectivity index (χ4v) is 3.37. The van der Waals surface area contributed by atoms with Gasteiger partial charge in [-0.2, -0.15) is 0 Å². The van der Waals surface area contributed by atoms with E-state index in [0.29, 0.717) is 5.56 Å². The summed E-state index contributed by atoms with van der Waals surface area (Å²) in [5, 5.41) is 8.82. The van der Waals surface area contributed by atoms with Crippen LogP contribution in [0.25, 0.3) is 0 Å². The lowest BCUT2D eigenvalue weighted by Crippen LogP contribution is -2.37. The predicted molar refractivity (Wildman–Crippen MR) is 144 cm³/mol. The molecule has 2 aromatic carbocycles. The van der Waals surface area contributed by atoms with E-state index in [4.69, 9.17) is 28.8 Å². The molecule has 0 fully saturated rings. The number of hydrogen-bond donors (Lipinski definition) is 1. The van der Waals surface area contributed by atoms with E-state index in [2.05, 4.69) is 0 Å². The van der Waals surface area contributed by atoms with Crippen molar-refractivity contribution in [1.82, 2.24) is 0 Å². The number of ether oxygens (including phenoxy) is 5. The molecular weight excluding hydrogens is 552 g/mol. The van der Waals surface area contributed by atoms with Crippen molar-refractivity contribution in [3.63, 3.8) is 0 Å². The molecule has 0 aliphatic carbocycles. The molecule has 12 heteroatoms. The Bertz CT molecular complexity index is 1210. The van der Waals surface area contributed by atoms with Gasteiger partial charge in [0, 0.05) is 6.42 Å². The highest BCUT2D eigenvalue weighted by atomic mass is 16.6. The third-order valence-corrected chi connectivity index (χ3v) is 5.75. The van der Waals surface area contributed by atoms with Crippen LogP contribution in [0, 0.1) is 5.92 Å². The van der Waals surface area contributed by atoms with Gasteiger partial charge in [-0.05, 0) is 25.0 Å². The number of aliphatic carboxylic acids is 1. The minimum atomic E-state index is -1.68. The zero-order valence-corrected chi connectivity index (χ0v) is 23.6. The molecule has 0 spiro atoms. The van der Waals surface area contributed by atoms with Crippen molar-refractivity contribution in [1.29, 1.82) is 0 Å². The quantitative estimate of drug-likeness (QED) is 0.226. The molecule has 42 heavy (non-hydrogen) atoms. The number of carbonyl (C=O) groups excluding carboxylic acids is 5. The molecule has 0 aliphatic heterocycles. The first-order chi connectivity index (χ1) is 20.0. The van der Waals surface area contributed by atoms with E-state index in [0.717, 1.165) is 5.56 Å². The van der Waals surface area contributed by atoms with E-state index < -0.39 is 79.3 Å². The van der Waals surface area contributed by atoms with Crippen LogP contribution in [0.3, 0.4) is 0 Å². The molecule has 0 bridgehead atoms. The SMILES string of the molecule is C[C@H](OC(=O)[C@H](C[C@H](C)C(=O)O[C@@H](C)C(=O)OCc1ccccc1)OC(=O)CCC(=O)O)C(=O)OCc1ccccc1. The highest BCUT2D eigenvalue weighted by molar-refractivity contribution is 5.85. The van der Waals surface area contributed by atoms with Crippen LogP contribution in [0.15, 0.2) is 60.7 Å². The van der Waals surface area contributed by atoms with E-state index in [1.165, 1.54) is 20.8 Å². The van der Waals surface area contributed by atoms with Gasteiger partial charge in [-0.1, -0.05) is 67.6 Å². The Hall–Kier alpha value is -4.74. The Morgan fingerprint density at radius 1 is 0.619 bits per heavy atom. The smallest absolute Gasteiger partial charge is 0.348 e. The summed E-state index contributed by atoms with van der Waals surface area (Å²) in [7, 11) is 0. The van der Waals surface area contributed by atoms with Gasteiger partial charge in [0.2, 0.25) is 0 Å². The average Bonchev–Trinajstić information content (AvgIpc) is 2.97. The number of hydrogen-bond acceptors (Lipinski definition) is 11. The summed E-state index contributed by atoms with van der Waals surface area (Å²) in [5.74, 6) is -7.08. The first kappa shape index (κ1) is 33.5. The Kier molecular flexibility index (Phi) is 13.7. The van der Waals surface area contributed by atoms with Crippen molar-refractivity contribution in [2.24, 2.45) is 5.92 Å². The van der Waals surface area contributed by atoms with E-state index in [-0.39, 0.29) is 13.2 Å². The molecule has 2 rings (SSSR count). The Labute approximate surface area is 242 Å². The molecule has 12 nitrogen and oxygen atoms in total. The van der Waals surface area contributed by atoms with Crippen LogP contribution in [0.4, 0.5) is 0 Å².